The zero-order valence-corrected chi connectivity index (χ0v) is 11.1. The van der Waals surface area contributed by atoms with Crippen LogP contribution < -0.4 is 15.8 Å². The van der Waals surface area contributed by atoms with E-state index in [2.05, 4.69) is 17.4 Å². The summed E-state index contributed by atoms with van der Waals surface area (Å²) in [5, 5.41) is 14.9. The van der Waals surface area contributed by atoms with Gasteiger partial charge in [0.25, 0.3) is 0 Å². The average molecular weight is 251 g/mol. The van der Waals surface area contributed by atoms with Crippen LogP contribution in [0.3, 0.4) is 0 Å². The Labute approximate surface area is 108 Å². The van der Waals surface area contributed by atoms with Gasteiger partial charge in [-0.2, -0.15) is 0 Å². The second kappa shape index (κ2) is 6.86. The van der Waals surface area contributed by atoms with Crippen molar-refractivity contribution in [1.82, 2.24) is 5.32 Å². The van der Waals surface area contributed by atoms with Gasteiger partial charge in [0.15, 0.2) is 0 Å². The zero-order chi connectivity index (χ0) is 13.5. The molecule has 5 nitrogen and oxygen atoms in total. The quantitative estimate of drug-likeness (QED) is 0.312. The van der Waals surface area contributed by atoms with E-state index in [-0.39, 0.29) is 17.9 Å². The molecule has 0 aliphatic heterocycles. The monoisotopic (exact) mass is 251 g/mol. The maximum absolute atomic E-state index is 8.51. The molecule has 4 N–H and O–H groups in total. The number of hydrogen-bond donors (Lipinski definition) is 3. The fraction of sp³-hybridized carbons (Fsp3) is 0.462. The summed E-state index contributed by atoms with van der Waals surface area (Å²) in [4.78, 5) is 0. The summed E-state index contributed by atoms with van der Waals surface area (Å²) >= 11 is 0. The maximum atomic E-state index is 8.51. The summed E-state index contributed by atoms with van der Waals surface area (Å²) in [6, 6.07) is 8.23. The largest absolute Gasteiger partial charge is 0.497 e. The van der Waals surface area contributed by atoms with Gasteiger partial charge in [0, 0.05) is 18.5 Å². The van der Waals surface area contributed by atoms with Crippen molar-refractivity contribution in [2.45, 2.75) is 32.4 Å². The molecule has 0 aromatic heterocycles. The fourth-order valence-electron chi connectivity index (χ4n) is 1.83. The Bertz CT molecular complexity index is 390. The molecule has 0 aliphatic rings. The van der Waals surface area contributed by atoms with E-state index in [9.17, 15) is 0 Å². The molecule has 0 heterocycles. The standard InChI is InChI=1S/C13H21N3O2/c1-9(8-13(14)16-17)15-10(2)11-4-6-12(18-3)7-5-11/h4-7,9-10,15,17H,8H2,1-3H3,(H2,14,16)/t9?,10-/m1/s1. The lowest BCUT2D eigenvalue weighted by molar-refractivity contribution is 0.315. The molecule has 1 unspecified atom stereocenters. The number of amidine groups is 1. The zero-order valence-electron chi connectivity index (χ0n) is 11.1. The van der Waals surface area contributed by atoms with Crippen molar-refractivity contribution in [3.63, 3.8) is 0 Å². The van der Waals surface area contributed by atoms with Crippen LogP contribution >= 0.6 is 0 Å². The van der Waals surface area contributed by atoms with E-state index >= 15 is 0 Å². The fourth-order valence-corrected chi connectivity index (χ4v) is 1.83. The maximum Gasteiger partial charge on any atom is 0.140 e. The highest BCUT2D eigenvalue weighted by molar-refractivity contribution is 5.80. The van der Waals surface area contributed by atoms with Crippen LogP contribution in [0.2, 0.25) is 0 Å². The number of oxime groups is 1. The van der Waals surface area contributed by atoms with Gasteiger partial charge in [-0.25, -0.2) is 0 Å². The third kappa shape index (κ3) is 4.25. The number of rotatable bonds is 6. The number of hydrogen-bond acceptors (Lipinski definition) is 4. The van der Waals surface area contributed by atoms with Crippen molar-refractivity contribution < 1.29 is 9.94 Å². The van der Waals surface area contributed by atoms with Crippen LogP contribution in [0.25, 0.3) is 0 Å². The highest BCUT2D eigenvalue weighted by atomic mass is 16.5. The summed E-state index contributed by atoms with van der Waals surface area (Å²) in [5.74, 6) is 1.08. The van der Waals surface area contributed by atoms with Gasteiger partial charge in [0.1, 0.15) is 11.6 Å². The lowest BCUT2D eigenvalue weighted by Crippen LogP contribution is -2.33. The number of methoxy groups -OCH3 is 1. The molecule has 0 bridgehead atoms. The van der Waals surface area contributed by atoms with E-state index in [1.807, 2.05) is 31.2 Å². The first-order valence-corrected chi connectivity index (χ1v) is 5.93. The molecular weight excluding hydrogens is 230 g/mol. The molecule has 0 spiro atoms. The molecule has 0 radical (unpaired) electrons. The van der Waals surface area contributed by atoms with E-state index in [4.69, 9.17) is 15.7 Å². The first-order valence-electron chi connectivity index (χ1n) is 5.93. The van der Waals surface area contributed by atoms with E-state index in [0.717, 1.165) is 5.75 Å². The molecule has 1 rings (SSSR count). The average Bonchev–Trinajstić information content (AvgIpc) is 2.38. The normalized spacial score (nSPS) is 15.2. The van der Waals surface area contributed by atoms with Crippen LogP contribution in [-0.2, 0) is 0 Å². The smallest absolute Gasteiger partial charge is 0.140 e. The van der Waals surface area contributed by atoms with E-state index in [0.29, 0.717) is 6.42 Å². The van der Waals surface area contributed by atoms with Gasteiger partial charge in [-0.15, -0.1) is 0 Å². The highest BCUT2D eigenvalue weighted by Gasteiger charge is 2.10. The van der Waals surface area contributed by atoms with Crippen molar-refractivity contribution in [1.29, 1.82) is 0 Å². The van der Waals surface area contributed by atoms with Crippen LogP contribution in [-0.4, -0.2) is 24.2 Å². The molecule has 2 atom stereocenters. The molecule has 1 aromatic carbocycles. The van der Waals surface area contributed by atoms with Crippen molar-refractivity contribution in [3.05, 3.63) is 29.8 Å². The van der Waals surface area contributed by atoms with Gasteiger partial charge < -0.3 is 21.0 Å². The second-order valence-corrected chi connectivity index (χ2v) is 4.36. The third-order valence-electron chi connectivity index (χ3n) is 2.79. The van der Waals surface area contributed by atoms with E-state index in [1.165, 1.54) is 5.56 Å². The molecule has 0 saturated carbocycles. The van der Waals surface area contributed by atoms with Crippen LogP contribution in [0, 0.1) is 0 Å². The first-order chi connectivity index (χ1) is 8.56. The number of nitrogens with zero attached hydrogens (tertiary/aromatic N) is 1. The molecule has 1 aromatic rings. The summed E-state index contributed by atoms with van der Waals surface area (Å²) in [7, 11) is 1.65. The SMILES string of the molecule is COc1ccc([C@@H](C)NC(C)C/C(N)=N/O)cc1. The third-order valence-corrected chi connectivity index (χ3v) is 2.79. The molecule has 0 saturated heterocycles. The predicted octanol–water partition coefficient (Wildman–Crippen LogP) is 1.87. The number of ether oxygens (including phenoxy) is 1. The molecule has 18 heavy (non-hydrogen) atoms. The molecule has 0 fully saturated rings. The van der Waals surface area contributed by atoms with Gasteiger partial charge >= 0.3 is 0 Å². The Hall–Kier alpha value is -1.75. The Kier molecular flexibility index (Phi) is 5.45. The topological polar surface area (TPSA) is 79.9 Å². The Morgan fingerprint density at radius 2 is 2.00 bits per heavy atom. The molecular formula is C13H21N3O2. The Morgan fingerprint density at radius 3 is 2.50 bits per heavy atom. The highest BCUT2D eigenvalue weighted by Crippen LogP contribution is 2.17. The minimum atomic E-state index is 0.137. The van der Waals surface area contributed by atoms with Gasteiger partial charge in [0.2, 0.25) is 0 Å². The van der Waals surface area contributed by atoms with Gasteiger partial charge in [-0.1, -0.05) is 17.3 Å². The van der Waals surface area contributed by atoms with Crippen LogP contribution in [0.15, 0.2) is 29.4 Å². The van der Waals surface area contributed by atoms with Gasteiger partial charge in [0.05, 0.1) is 7.11 Å². The van der Waals surface area contributed by atoms with Crippen LogP contribution in [0.5, 0.6) is 5.75 Å². The number of benzene rings is 1. The lowest BCUT2D eigenvalue weighted by atomic mass is 10.1. The van der Waals surface area contributed by atoms with Gasteiger partial charge in [-0.3, -0.25) is 0 Å². The van der Waals surface area contributed by atoms with Crippen LogP contribution in [0.4, 0.5) is 0 Å². The number of nitrogens with two attached hydrogens (primary N) is 1. The summed E-state index contributed by atoms with van der Waals surface area (Å²) in [6.45, 7) is 4.07. The Balaban J connectivity index is 2.55. The summed E-state index contributed by atoms with van der Waals surface area (Å²) < 4.78 is 5.12. The minimum absolute atomic E-state index is 0.137. The van der Waals surface area contributed by atoms with Gasteiger partial charge in [-0.05, 0) is 31.5 Å². The minimum Gasteiger partial charge on any atom is -0.497 e. The van der Waals surface area contributed by atoms with Crippen LogP contribution in [0.1, 0.15) is 31.9 Å². The van der Waals surface area contributed by atoms with Crippen molar-refractivity contribution in [2.75, 3.05) is 7.11 Å². The molecule has 100 valence electrons. The number of nitrogens with one attached hydrogen (secondary N) is 1. The molecule has 0 amide bonds. The summed E-state index contributed by atoms with van der Waals surface area (Å²) in [6.07, 6.45) is 0.511. The first kappa shape index (κ1) is 14.3. The summed E-state index contributed by atoms with van der Waals surface area (Å²) in [5.41, 5.74) is 6.64. The van der Waals surface area contributed by atoms with Crippen molar-refractivity contribution in [2.24, 2.45) is 10.9 Å². The molecule has 5 heteroatoms. The molecule has 0 aliphatic carbocycles. The van der Waals surface area contributed by atoms with Crippen molar-refractivity contribution >= 4 is 5.84 Å². The van der Waals surface area contributed by atoms with E-state index in [1.54, 1.807) is 7.11 Å². The van der Waals surface area contributed by atoms with Crippen molar-refractivity contribution in [3.8, 4) is 5.75 Å². The second-order valence-electron chi connectivity index (χ2n) is 4.36. The lowest BCUT2D eigenvalue weighted by Gasteiger charge is -2.20. The predicted molar refractivity (Wildman–Crippen MR) is 72.0 cm³/mol. The van der Waals surface area contributed by atoms with E-state index < -0.39 is 0 Å². The Morgan fingerprint density at radius 1 is 1.39 bits per heavy atom.